The average molecular weight is 256 g/mol. The Kier molecular flexibility index (Phi) is 6.01. The van der Waals surface area contributed by atoms with Crippen molar-refractivity contribution >= 4 is 17.5 Å². The van der Waals surface area contributed by atoms with Crippen LogP contribution in [-0.4, -0.2) is 23.7 Å². The van der Waals surface area contributed by atoms with Gasteiger partial charge in [0.25, 0.3) is 0 Å². The maximum atomic E-state index is 11.6. The summed E-state index contributed by atoms with van der Waals surface area (Å²) in [6.45, 7) is 1.97. The Morgan fingerprint density at radius 2 is 2.18 bits per heavy atom. The molecule has 0 aliphatic rings. The molecule has 1 amide bonds. The lowest BCUT2D eigenvalue weighted by atomic mass is 10.1. The predicted molar refractivity (Wildman–Crippen MR) is 69.1 cm³/mol. The van der Waals surface area contributed by atoms with Crippen molar-refractivity contribution < 1.29 is 9.90 Å². The number of nitrogens with one attached hydrogen (secondary N) is 1. The average Bonchev–Trinajstić information content (AvgIpc) is 2.28. The molecule has 1 unspecified atom stereocenters. The summed E-state index contributed by atoms with van der Waals surface area (Å²) in [5.74, 6) is -0.00845. The largest absolute Gasteiger partial charge is 0.396 e. The number of carbonyl (C=O) groups is 1. The molecule has 0 heterocycles. The van der Waals surface area contributed by atoms with Crippen LogP contribution in [0.1, 0.15) is 25.3 Å². The second-order valence-corrected chi connectivity index (χ2v) is 4.48. The number of hydrogen-bond donors (Lipinski definition) is 2. The van der Waals surface area contributed by atoms with Crippen LogP contribution >= 0.6 is 11.6 Å². The van der Waals surface area contributed by atoms with Crippen LogP contribution in [0.5, 0.6) is 0 Å². The van der Waals surface area contributed by atoms with Gasteiger partial charge < -0.3 is 10.4 Å². The van der Waals surface area contributed by atoms with E-state index in [0.29, 0.717) is 24.3 Å². The molecule has 17 heavy (non-hydrogen) atoms. The van der Waals surface area contributed by atoms with Gasteiger partial charge in [0.1, 0.15) is 0 Å². The van der Waals surface area contributed by atoms with E-state index in [1.165, 1.54) is 0 Å². The minimum atomic E-state index is -0.00845. The molecular weight excluding hydrogens is 238 g/mol. The molecule has 0 saturated carbocycles. The molecule has 94 valence electrons. The van der Waals surface area contributed by atoms with Crippen molar-refractivity contribution in [2.24, 2.45) is 0 Å². The van der Waals surface area contributed by atoms with Crippen molar-refractivity contribution in [3.8, 4) is 0 Å². The molecule has 1 aromatic carbocycles. The number of carbonyl (C=O) groups excluding carboxylic acids is 1. The minimum absolute atomic E-state index is 0.00845. The highest BCUT2D eigenvalue weighted by atomic mass is 35.5. The monoisotopic (exact) mass is 255 g/mol. The number of benzene rings is 1. The molecular formula is C13H18ClNO2. The molecule has 0 fully saturated rings. The van der Waals surface area contributed by atoms with Gasteiger partial charge in [0.15, 0.2) is 0 Å². The van der Waals surface area contributed by atoms with Crippen LogP contribution in [0, 0.1) is 0 Å². The molecule has 0 saturated heterocycles. The van der Waals surface area contributed by atoms with E-state index in [9.17, 15) is 4.79 Å². The Bertz CT molecular complexity index is 368. The second kappa shape index (κ2) is 7.30. The highest BCUT2D eigenvalue weighted by Crippen LogP contribution is 2.16. The number of aliphatic hydroxyl groups excluding tert-OH is 1. The molecule has 0 aliphatic heterocycles. The van der Waals surface area contributed by atoms with Crippen LogP contribution in [0.15, 0.2) is 24.3 Å². The number of amides is 1. The van der Waals surface area contributed by atoms with E-state index < -0.39 is 0 Å². The number of aliphatic hydroxyl groups is 1. The molecule has 4 heteroatoms. The Labute approximate surface area is 107 Å². The van der Waals surface area contributed by atoms with Gasteiger partial charge >= 0.3 is 0 Å². The zero-order chi connectivity index (χ0) is 12.7. The number of halogens is 1. The summed E-state index contributed by atoms with van der Waals surface area (Å²) in [7, 11) is 0. The van der Waals surface area contributed by atoms with Crippen molar-refractivity contribution in [1.29, 1.82) is 0 Å². The smallest absolute Gasteiger partial charge is 0.220 e. The summed E-state index contributed by atoms with van der Waals surface area (Å²) < 4.78 is 0. The lowest BCUT2D eigenvalue weighted by Gasteiger charge is -2.12. The maximum Gasteiger partial charge on any atom is 0.220 e. The summed E-state index contributed by atoms with van der Waals surface area (Å²) in [6, 6.07) is 7.54. The first-order chi connectivity index (χ1) is 8.13. The van der Waals surface area contributed by atoms with Gasteiger partial charge in [-0.25, -0.2) is 0 Å². The van der Waals surface area contributed by atoms with E-state index in [1.807, 2.05) is 31.2 Å². The van der Waals surface area contributed by atoms with Crippen LogP contribution < -0.4 is 5.32 Å². The second-order valence-electron chi connectivity index (χ2n) is 4.07. The summed E-state index contributed by atoms with van der Waals surface area (Å²) in [5.41, 5.74) is 0.985. The van der Waals surface area contributed by atoms with Gasteiger partial charge in [-0.3, -0.25) is 4.79 Å². The summed E-state index contributed by atoms with van der Waals surface area (Å²) in [5, 5.41) is 12.3. The van der Waals surface area contributed by atoms with Crippen molar-refractivity contribution in [2.45, 2.75) is 32.2 Å². The third-order valence-corrected chi connectivity index (χ3v) is 2.92. The van der Waals surface area contributed by atoms with Gasteiger partial charge in [0.2, 0.25) is 5.91 Å². The van der Waals surface area contributed by atoms with Crippen LogP contribution in [0.25, 0.3) is 0 Å². The molecule has 0 bridgehead atoms. The summed E-state index contributed by atoms with van der Waals surface area (Å²) in [4.78, 5) is 11.6. The van der Waals surface area contributed by atoms with Crippen LogP contribution in [0.2, 0.25) is 5.02 Å². The first-order valence-corrected chi connectivity index (χ1v) is 6.15. The number of rotatable bonds is 6. The normalized spacial score (nSPS) is 12.2. The van der Waals surface area contributed by atoms with E-state index in [1.54, 1.807) is 0 Å². The Morgan fingerprint density at radius 1 is 1.47 bits per heavy atom. The highest BCUT2D eigenvalue weighted by molar-refractivity contribution is 6.31. The van der Waals surface area contributed by atoms with Crippen molar-refractivity contribution in [3.63, 3.8) is 0 Å². The molecule has 1 atom stereocenters. The first-order valence-electron chi connectivity index (χ1n) is 5.77. The minimum Gasteiger partial charge on any atom is -0.396 e. The fraction of sp³-hybridized carbons (Fsp3) is 0.462. The molecule has 0 aliphatic carbocycles. The van der Waals surface area contributed by atoms with Crippen LogP contribution in [-0.2, 0) is 11.2 Å². The Hall–Kier alpha value is -1.06. The number of aryl methyl sites for hydroxylation is 1. The SMILES string of the molecule is CC(CCO)NC(=O)CCc1ccccc1Cl. The zero-order valence-corrected chi connectivity index (χ0v) is 10.7. The standard InChI is InChI=1S/C13H18ClNO2/c1-10(8-9-16)15-13(17)7-6-11-4-2-3-5-12(11)14/h2-5,10,16H,6-9H2,1H3,(H,15,17). The molecule has 3 nitrogen and oxygen atoms in total. The fourth-order valence-corrected chi connectivity index (χ4v) is 1.79. The van der Waals surface area contributed by atoms with E-state index in [-0.39, 0.29) is 18.6 Å². The third-order valence-electron chi connectivity index (χ3n) is 2.55. The molecule has 1 rings (SSSR count). The van der Waals surface area contributed by atoms with Gasteiger partial charge in [0, 0.05) is 24.1 Å². The third kappa shape index (κ3) is 5.20. The zero-order valence-electron chi connectivity index (χ0n) is 9.95. The van der Waals surface area contributed by atoms with Crippen molar-refractivity contribution in [1.82, 2.24) is 5.32 Å². The molecule has 0 radical (unpaired) electrons. The fourth-order valence-electron chi connectivity index (χ4n) is 1.56. The van der Waals surface area contributed by atoms with Gasteiger partial charge in [-0.1, -0.05) is 29.8 Å². The molecule has 2 N–H and O–H groups in total. The lowest BCUT2D eigenvalue weighted by Crippen LogP contribution is -2.33. The molecule has 0 aromatic heterocycles. The van der Waals surface area contributed by atoms with Gasteiger partial charge in [-0.2, -0.15) is 0 Å². The maximum absolute atomic E-state index is 11.6. The van der Waals surface area contributed by atoms with Gasteiger partial charge in [-0.15, -0.1) is 0 Å². The molecule has 1 aromatic rings. The number of hydrogen-bond acceptors (Lipinski definition) is 2. The lowest BCUT2D eigenvalue weighted by molar-refractivity contribution is -0.121. The molecule has 0 spiro atoms. The highest BCUT2D eigenvalue weighted by Gasteiger charge is 2.07. The van der Waals surface area contributed by atoms with Crippen LogP contribution in [0.4, 0.5) is 0 Å². The van der Waals surface area contributed by atoms with E-state index >= 15 is 0 Å². The van der Waals surface area contributed by atoms with E-state index in [2.05, 4.69) is 5.32 Å². The topological polar surface area (TPSA) is 49.3 Å². The first kappa shape index (κ1) is 14.0. The van der Waals surface area contributed by atoms with Gasteiger partial charge in [0.05, 0.1) is 0 Å². The van der Waals surface area contributed by atoms with Crippen molar-refractivity contribution in [3.05, 3.63) is 34.9 Å². The van der Waals surface area contributed by atoms with Gasteiger partial charge in [-0.05, 0) is 31.4 Å². The van der Waals surface area contributed by atoms with Crippen LogP contribution in [0.3, 0.4) is 0 Å². The van der Waals surface area contributed by atoms with E-state index in [4.69, 9.17) is 16.7 Å². The summed E-state index contributed by atoms with van der Waals surface area (Å²) >= 11 is 6.00. The van der Waals surface area contributed by atoms with E-state index in [0.717, 1.165) is 5.56 Å². The summed E-state index contributed by atoms with van der Waals surface area (Å²) in [6.07, 6.45) is 1.63. The quantitative estimate of drug-likeness (QED) is 0.819. The Balaban J connectivity index is 2.36. The van der Waals surface area contributed by atoms with Crippen molar-refractivity contribution in [2.75, 3.05) is 6.61 Å². The predicted octanol–water partition coefficient (Wildman–Crippen LogP) is 2.16. The Morgan fingerprint density at radius 3 is 2.82 bits per heavy atom.